The van der Waals surface area contributed by atoms with Gasteiger partial charge in [-0.15, -0.1) is 0 Å². The Hall–Kier alpha value is -1.14. The van der Waals surface area contributed by atoms with Crippen LogP contribution in [0.4, 0.5) is 0 Å². The predicted molar refractivity (Wildman–Crippen MR) is 58.6 cm³/mol. The monoisotopic (exact) mass is 229 g/mol. The molecule has 0 aromatic rings. The summed E-state index contributed by atoms with van der Waals surface area (Å²) in [5, 5.41) is 11.9. The number of nitrogens with two attached hydrogens (primary N) is 2. The molecule has 1 amide bonds. The third-order valence-electron chi connectivity index (χ3n) is 3.24. The molecule has 1 aliphatic carbocycles. The molecule has 0 aliphatic heterocycles. The molecule has 0 aromatic heterocycles. The summed E-state index contributed by atoms with van der Waals surface area (Å²) >= 11 is 0. The number of carboxylic acids is 1. The van der Waals surface area contributed by atoms with E-state index in [9.17, 15) is 9.59 Å². The number of hydrogen-bond donors (Lipinski definition) is 4. The minimum Gasteiger partial charge on any atom is -0.480 e. The fourth-order valence-electron chi connectivity index (χ4n) is 1.90. The van der Waals surface area contributed by atoms with Gasteiger partial charge >= 0.3 is 5.97 Å². The van der Waals surface area contributed by atoms with Gasteiger partial charge in [-0.05, 0) is 38.6 Å². The first-order chi connectivity index (χ1) is 7.41. The molecule has 1 aliphatic rings. The molecular weight excluding hydrogens is 210 g/mol. The second kappa shape index (κ2) is 4.80. The molecule has 1 rings (SSSR count). The van der Waals surface area contributed by atoms with Crippen molar-refractivity contribution >= 4 is 11.9 Å². The minimum atomic E-state index is -1.20. The second-order valence-electron chi connectivity index (χ2n) is 4.40. The van der Waals surface area contributed by atoms with Crippen LogP contribution in [0.3, 0.4) is 0 Å². The van der Waals surface area contributed by atoms with Crippen molar-refractivity contribution < 1.29 is 14.7 Å². The summed E-state index contributed by atoms with van der Waals surface area (Å²) in [6.45, 7) is 0. The summed E-state index contributed by atoms with van der Waals surface area (Å²) in [5.41, 5.74) is 9.82. The van der Waals surface area contributed by atoms with Gasteiger partial charge in [0, 0.05) is 0 Å². The Bertz CT molecular complexity index is 291. The van der Waals surface area contributed by atoms with E-state index in [0.29, 0.717) is 6.42 Å². The lowest BCUT2D eigenvalue weighted by atomic mass is 9.87. The van der Waals surface area contributed by atoms with E-state index in [1.54, 1.807) is 7.05 Å². The van der Waals surface area contributed by atoms with Gasteiger partial charge in [0.15, 0.2) is 0 Å². The highest BCUT2D eigenvalue weighted by Crippen LogP contribution is 2.40. The van der Waals surface area contributed by atoms with E-state index in [1.165, 1.54) is 0 Å². The first-order valence-corrected chi connectivity index (χ1v) is 5.40. The Morgan fingerprint density at radius 2 is 2.12 bits per heavy atom. The summed E-state index contributed by atoms with van der Waals surface area (Å²) in [6, 6.07) is -0.513. The van der Waals surface area contributed by atoms with Crippen LogP contribution in [0, 0.1) is 5.92 Å². The molecule has 1 saturated carbocycles. The standard InChI is InChI=1S/C10H19N3O3/c1-13-7(8(11)14)4-5-10(12,9(15)16)6-2-3-6/h6-7,13H,2-5,12H2,1H3,(H2,11,14)(H,15,16). The fraction of sp³-hybridized carbons (Fsp3) is 0.800. The minimum absolute atomic E-state index is 0.0374. The number of carbonyl (C=O) groups excluding carboxylic acids is 1. The van der Waals surface area contributed by atoms with Gasteiger partial charge in [-0.2, -0.15) is 0 Å². The lowest BCUT2D eigenvalue weighted by molar-refractivity contribution is -0.144. The third kappa shape index (κ3) is 2.70. The smallest absolute Gasteiger partial charge is 0.323 e. The van der Waals surface area contributed by atoms with Crippen molar-refractivity contribution in [2.75, 3.05) is 7.05 Å². The summed E-state index contributed by atoms with van der Waals surface area (Å²) in [6.07, 6.45) is 2.32. The molecule has 6 N–H and O–H groups in total. The highest BCUT2D eigenvalue weighted by Gasteiger charge is 2.48. The van der Waals surface area contributed by atoms with E-state index in [4.69, 9.17) is 16.6 Å². The number of rotatable bonds is 7. The Morgan fingerprint density at radius 3 is 2.44 bits per heavy atom. The molecule has 0 radical (unpaired) electrons. The van der Waals surface area contributed by atoms with E-state index < -0.39 is 23.5 Å². The lowest BCUT2D eigenvalue weighted by Crippen LogP contribution is -2.52. The fourth-order valence-corrected chi connectivity index (χ4v) is 1.90. The van der Waals surface area contributed by atoms with Crippen molar-refractivity contribution in [3.05, 3.63) is 0 Å². The van der Waals surface area contributed by atoms with Gasteiger partial charge in [-0.3, -0.25) is 9.59 Å². The summed E-state index contributed by atoms with van der Waals surface area (Å²) in [7, 11) is 1.62. The number of amides is 1. The topological polar surface area (TPSA) is 118 Å². The van der Waals surface area contributed by atoms with Crippen LogP contribution in [0.5, 0.6) is 0 Å². The zero-order chi connectivity index (χ0) is 12.3. The predicted octanol–water partition coefficient (Wildman–Crippen LogP) is -0.968. The summed E-state index contributed by atoms with van der Waals surface area (Å²) < 4.78 is 0. The van der Waals surface area contributed by atoms with Crippen LogP contribution < -0.4 is 16.8 Å². The van der Waals surface area contributed by atoms with E-state index in [1.807, 2.05) is 0 Å². The van der Waals surface area contributed by atoms with Crippen molar-refractivity contribution in [2.45, 2.75) is 37.3 Å². The first kappa shape index (κ1) is 12.9. The SMILES string of the molecule is CNC(CCC(N)(C(=O)O)C1CC1)C(N)=O. The Labute approximate surface area is 94.4 Å². The molecule has 92 valence electrons. The molecule has 1 fully saturated rings. The molecule has 2 unspecified atom stereocenters. The largest absolute Gasteiger partial charge is 0.480 e. The number of carboxylic acid groups (broad SMARTS) is 1. The highest BCUT2D eigenvalue weighted by atomic mass is 16.4. The van der Waals surface area contributed by atoms with E-state index in [-0.39, 0.29) is 12.3 Å². The van der Waals surface area contributed by atoms with Crippen LogP contribution in [-0.4, -0.2) is 35.6 Å². The molecule has 2 atom stereocenters. The average Bonchev–Trinajstić information content (AvgIpc) is 3.00. The second-order valence-corrected chi connectivity index (χ2v) is 4.40. The van der Waals surface area contributed by atoms with Gasteiger partial charge in [0.05, 0.1) is 6.04 Å². The zero-order valence-electron chi connectivity index (χ0n) is 9.40. The van der Waals surface area contributed by atoms with E-state index in [2.05, 4.69) is 5.32 Å². The quantitative estimate of drug-likeness (QED) is 0.448. The number of hydrogen-bond acceptors (Lipinski definition) is 4. The molecule has 6 heteroatoms. The first-order valence-electron chi connectivity index (χ1n) is 5.40. The molecule has 0 heterocycles. The molecule has 0 bridgehead atoms. The van der Waals surface area contributed by atoms with Crippen LogP contribution in [0.1, 0.15) is 25.7 Å². The highest BCUT2D eigenvalue weighted by molar-refractivity contribution is 5.81. The van der Waals surface area contributed by atoms with Gasteiger partial charge in [-0.25, -0.2) is 0 Å². The third-order valence-corrected chi connectivity index (χ3v) is 3.24. The maximum absolute atomic E-state index is 11.1. The van der Waals surface area contributed by atoms with Crippen molar-refractivity contribution in [1.82, 2.24) is 5.32 Å². The van der Waals surface area contributed by atoms with Crippen LogP contribution >= 0.6 is 0 Å². The molecule has 0 aromatic carbocycles. The van der Waals surface area contributed by atoms with Gasteiger partial charge in [0.25, 0.3) is 0 Å². The van der Waals surface area contributed by atoms with Crippen molar-refractivity contribution in [3.8, 4) is 0 Å². The van der Waals surface area contributed by atoms with Crippen molar-refractivity contribution in [1.29, 1.82) is 0 Å². The number of aliphatic carboxylic acids is 1. The van der Waals surface area contributed by atoms with Gasteiger partial charge < -0.3 is 21.9 Å². The Balaban J connectivity index is 2.56. The number of likely N-dealkylation sites (N-methyl/N-ethyl adjacent to an activating group) is 1. The van der Waals surface area contributed by atoms with E-state index >= 15 is 0 Å². The molecule has 16 heavy (non-hydrogen) atoms. The van der Waals surface area contributed by atoms with Crippen LogP contribution in [0.25, 0.3) is 0 Å². The Morgan fingerprint density at radius 1 is 1.56 bits per heavy atom. The maximum Gasteiger partial charge on any atom is 0.323 e. The number of nitrogens with one attached hydrogen (secondary N) is 1. The average molecular weight is 229 g/mol. The van der Waals surface area contributed by atoms with Gasteiger partial charge in [-0.1, -0.05) is 0 Å². The summed E-state index contributed by atoms with van der Waals surface area (Å²) in [5.74, 6) is -1.43. The van der Waals surface area contributed by atoms with Crippen molar-refractivity contribution in [2.24, 2.45) is 17.4 Å². The number of primary amides is 1. The molecule has 0 saturated heterocycles. The van der Waals surface area contributed by atoms with Crippen LogP contribution in [0.2, 0.25) is 0 Å². The Kier molecular flexibility index (Phi) is 3.88. The van der Waals surface area contributed by atoms with Crippen LogP contribution in [-0.2, 0) is 9.59 Å². The molecule has 6 nitrogen and oxygen atoms in total. The maximum atomic E-state index is 11.1. The van der Waals surface area contributed by atoms with Crippen molar-refractivity contribution in [3.63, 3.8) is 0 Å². The van der Waals surface area contributed by atoms with E-state index in [0.717, 1.165) is 12.8 Å². The summed E-state index contributed by atoms with van der Waals surface area (Å²) in [4.78, 5) is 22.1. The van der Waals surface area contributed by atoms with Gasteiger partial charge in [0.1, 0.15) is 5.54 Å². The molecule has 0 spiro atoms. The molecular formula is C10H19N3O3. The lowest BCUT2D eigenvalue weighted by Gasteiger charge is -2.26. The normalized spacial score (nSPS) is 21.1. The van der Waals surface area contributed by atoms with Crippen LogP contribution in [0.15, 0.2) is 0 Å². The number of carbonyl (C=O) groups is 2. The zero-order valence-corrected chi connectivity index (χ0v) is 9.40. The van der Waals surface area contributed by atoms with Gasteiger partial charge in [0.2, 0.25) is 5.91 Å².